The van der Waals surface area contributed by atoms with Crippen molar-refractivity contribution in [3.8, 4) is 12.3 Å². The molecule has 13 heavy (non-hydrogen) atoms. The normalized spacial score (nSPS) is 9.31. The number of carboxylic acids is 1. The smallest absolute Gasteiger partial charge is 0.337 e. The first kappa shape index (κ1) is 9.27. The van der Waals surface area contributed by atoms with Gasteiger partial charge in [-0.3, -0.25) is 0 Å². The number of hydrogen-bond donors (Lipinski definition) is 1. The molecule has 1 N–H and O–H groups in total. The zero-order valence-corrected chi connectivity index (χ0v) is 7.46. The number of rotatable bonds is 1. The molecule has 1 aromatic heterocycles. The summed E-state index contributed by atoms with van der Waals surface area (Å²) in [7, 11) is 0. The fraction of sp³-hybridized carbons (Fsp3) is 0.200. The second kappa shape index (κ2) is 3.28. The van der Waals surface area contributed by atoms with Crippen molar-refractivity contribution in [3.63, 3.8) is 0 Å². The number of terminal acetylenes is 1. The maximum absolute atomic E-state index is 10.8. The van der Waals surface area contributed by atoms with Gasteiger partial charge in [-0.2, -0.15) is 0 Å². The van der Waals surface area contributed by atoms with Crippen molar-refractivity contribution in [2.45, 2.75) is 13.8 Å². The molecule has 66 valence electrons. The Morgan fingerprint density at radius 3 is 2.62 bits per heavy atom. The Hall–Kier alpha value is -1.82. The van der Waals surface area contributed by atoms with Crippen molar-refractivity contribution in [2.24, 2.45) is 0 Å². The molecule has 1 rings (SSSR count). The van der Waals surface area contributed by atoms with Crippen LogP contribution in [0.2, 0.25) is 0 Å². The minimum Gasteiger partial charge on any atom is -0.478 e. The van der Waals surface area contributed by atoms with Gasteiger partial charge in [-0.1, -0.05) is 5.92 Å². The van der Waals surface area contributed by atoms with Crippen LogP contribution in [-0.2, 0) is 0 Å². The Kier molecular flexibility index (Phi) is 2.34. The van der Waals surface area contributed by atoms with Gasteiger partial charge in [0.05, 0.1) is 11.3 Å². The maximum atomic E-state index is 10.8. The van der Waals surface area contributed by atoms with Gasteiger partial charge in [-0.15, -0.1) is 6.42 Å². The third kappa shape index (κ3) is 1.67. The lowest BCUT2D eigenvalue weighted by Crippen LogP contribution is -2.05. The molecule has 0 aromatic carbocycles. The summed E-state index contributed by atoms with van der Waals surface area (Å²) < 4.78 is 0. The average Bonchev–Trinajstić information content (AvgIpc) is 2.02. The van der Waals surface area contributed by atoms with Crippen LogP contribution >= 0.6 is 0 Å². The van der Waals surface area contributed by atoms with Gasteiger partial charge in [-0.05, 0) is 25.5 Å². The van der Waals surface area contributed by atoms with E-state index >= 15 is 0 Å². The molecular formula is C10H9NO2. The number of hydrogen-bond acceptors (Lipinski definition) is 2. The fourth-order valence-electron chi connectivity index (χ4n) is 1.23. The zero-order chi connectivity index (χ0) is 10.0. The van der Waals surface area contributed by atoms with Gasteiger partial charge >= 0.3 is 5.97 Å². The van der Waals surface area contributed by atoms with Crippen LogP contribution < -0.4 is 0 Å². The van der Waals surface area contributed by atoms with E-state index in [1.54, 1.807) is 19.9 Å². The molecule has 0 fully saturated rings. The van der Waals surface area contributed by atoms with Crippen LogP contribution in [0.1, 0.15) is 27.3 Å². The van der Waals surface area contributed by atoms with Crippen LogP contribution in [0.25, 0.3) is 0 Å². The summed E-state index contributed by atoms with van der Waals surface area (Å²) in [6, 6.07) is 1.59. The van der Waals surface area contributed by atoms with Gasteiger partial charge in [0.15, 0.2) is 0 Å². The highest BCUT2D eigenvalue weighted by atomic mass is 16.4. The standard InChI is InChI=1S/C10H9NO2/c1-4-8-5-6(2)9(10(12)13)7(3)11-8/h1,5H,2-3H3,(H,12,13). The average molecular weight is 175 g/mol. The first-order valence-electron chi connectivity index (χ1n) is 3.74. The monoisotopic (exact) mass is 175 g/mol. The highest BCUT2D eigenvalue weighted by molar-refractivity contribution is 5.90. The van der Waals surface area contributed by atoms with E-state index in [2.05, 4.69) is 10.9 Å². The van der Waals surface area contributed by atoms with Crippen molar-refractivity contribution in [2.75, 3.05) is 0 Å². The van der Waals surface area contributed by atoms with Crippen molar-refractivity contribution >= 4 is 5.97 Å². The van der Waals surface area contributed by atoms with E-state index in [-0.39, 0.29) is 5.56 Å². The molecule has 0 amide bonds. The lowest BCUT2D eigenvalue weighted by atomic mass is 10.1. The Morgan fingerprint density at radius 2 is 2.23 bits per heavy atom. The van der Waals surface area contributed by atoms with Gasteiger partial charge in [-0.25, -0.2) is 9.78 Å². The largest absolute Gasteiger partial charge is 0.478 e. The van der Waals surface area contributed by atoms with Crippen LogP contribution in [0.4, 0.5) is 0 Å². The van der Waals surface area contributed by atoms with Crippen LogP contribution in [0.15, 0.2) is 6.07 Å². The van der Waals surface area contributed by atoms with E-state index in [0.29, 0.717) is 17.0 Å². The van der Waals surface area contributed by atoms with E-state index in [9.17, 15) is 4.79 Å². The summed E-state index contributed by atoms with van der Waals surface area (Å²) in [4.78, 5) is 14.7. The maximum Gasteiger partial charge on any atom is 0.337 e. The third-order valence-corrected chi connectivity index (χ3v) is 1.76. The zero-order valence-electron chi connectivity index (χ0n) is 7.46. The molecular weight excluding hydrogens is 166 g/mol. The molecule has 1 heterocycles. The molecule has 3 heteroatoms. The summed E-state index contributed by atoms with van der Waals surface area (Å²) in [5, 5.41) is 8.82. The van der Waals surface area contributed by atoms with E-state index in [4.69, 9.17) is 11.5 Å². The summed E-state index contributed by atoms with van der Waals surface area (Å²) in [5.41, 5.74) is 1.81. The summed E-state index contributed by atoms with van der Waals surface area (Å²) in [6.07, 6.45) is 5.15. The van der Waals surface area contributed by atoms with Gasteiger partial charge in [0.2, 0.25) is 0 Å². The molecule has 0 aliphatic rings. The number of nitrogens with zero attached hydrogens (tertiary/aromatic N) is 1. The van der Waals surface area contributed by atoms with Crippen LogP contribution in [0, 0.1) is 26.2 Å². The van der Waals surface area contributed by atoms with Gasteiger partial charge in [0.25, 0.3) is 0 Å². The molecule has 0 saturated carbocycles. The van der Waals surface area contributed by atoms with Gasteiger partial charge < -0.3 is 5.11 Å². The topological polar surface area (TPSA) is 50.2 Å². The van der Waals surface area contributed by atoms with E-state index in [1.807, 2.05) is 0 Å². The van der Waals surface area contributed by atoms with Crippen molar-refractivity contribution in [1.82, 2.24) is 4.98 Å². The molecule has 1 aromatic rings. The minimum absolute atomic E-state index is 0.235. The van der Waals surface area contributed by atoms with Crippen LogP contribution in [0.5, 0.6) is 0 Å². The second-order valence-corrected chi connectivity index (χ2v) is 2.73. The summed E-state index contributed by atoms with van der Waals surface area (Å²) in [5.74, 6) is 1.40. The van der Waals surface area contributed by atoms with E-state index < -0.39 is 5.97 Å². The predicted molar refractivity (Wildman–Crippen MR) is 48.6 cm³/mol. The van der Waals surface area contributed by atoms with E-state index in [0.717, 1.165) is 0 Å². The third-order valence-electron chi connectivity index (χ3n) is 1.76. The summed E-state index contributed by atoms with van der Waals surface area (Å²) in [6.45, 7) is 3.34. The predicted octanol–water partition coefficient (Wildman–Crippen LogP) is 1.38. The fourth-order valence-corrected chi connectivity index (χ4v) is 1.23. The van der Waals surface area contributed by atoms with Gasteiger partial charge in [0, 0.05) is 0 Å². The van der Waals surface area contributed by atoms with Crippen molar-refractivity contribution < 1.29 is 9.90 Å². The van der Waals surface area contributed by atoms with Crippen LogP contribution in [0.3, 0.4) is 0 Å². The van der Waals surface area contributed by atoms with Crippen molar-refractivity contribution in [1.29, 1.82) is 0 Å². The quantitative estimate of drug-likeness (QED) is 0.656. The number of carboxylic acid groups (broad SMARTS) is 1. The number of aryl methyl sites for hydroxylation is 2. The molecule has 0 spiro atoms. The first-order valence-corrected chi connectivity index (χ1v) is 3.74. The molecule has 0 bridgehead atoms. The van der Waals surface area contributed by atoms with Gasteiger partial charge in [0.1, 0.15) is 5.69 Å². The molecule has 0 radical (unpaired) electrons. The molecule has 0 aliphatic heterocycles. The van der Waals surface area contributed by atoms with Crippen molar-refractivity contribution in [3.05, 3.63) is 28.6 Å². The highest BCUT2D eigenvalue weighted by Crippen LogP contribution is 2.12. The molecule has 0 unspecified atom stereocenters. The lowest BCUT2D eigenvalue weighted by molar-refractivity contribution is 0.0695. The minimum atomic E-state index is -0.967. The number of aromatic nitrogens is 1. The Bertz CT molecular complexity index is 379. The highest BCUT2D eigenvalue weighted by Gasteiger charge is 2.12. The molecule has 3 nitrogen and oxygen atoms in total. The first-order chi connectivity index (χ1) is 6.06. The summed E-state index contributed by atoms with van der Waals surface area (Å²) >= 11 is 0. The van der Waals surface area contributed by atoms with E-state index in [1.165, 1.54) is 0 Å². The Balaban J connectivity index is 3.42. The number of aromatic carboxylic acids is 1. The SMILES string of the molecule is C#Cc1cc(C)c(C(=O)O)c(C)n1. The molecule has 0 atom stereocenters. The van der Waals surface area contributed by atoms with Crippen LogP contribution in [-0.4, -0.2) is 16.1 Å². The number of pyridine rings is 1. The Morgan fingerprint density at radius 1 is 1.62 bits per heavy atom. The number of carbonyl (C=O) groups is 1. The lowest BCUT2D eigenvalue weighted by Gasteiger charge is -2.04. The second-order valence-electron chi connectivity index (χ2n) is 2.73. The Labute approximate surface area is 76.4 Å². The molecule has 0 saturated heterocycles. The molecule has 0 aliphatic carbocycles.